The minimum absolute atomic E-state index is 0.0956. The van der Waals surface area contributed by atoms with Gasteiger partial charge in [0.25, 0.3) is 5.91 Å². The lowest BCUT2D eigenvalue weighted by atomic mass is 10.3. The van der Waals surface area contributed by atoms with Crippen molar-refractivity contribution in [1.82, 2.24) is 20.3 Å². The molecule has 1 amide bonds. The van der Waals surface area contributed by atoms with Crippen molar-refractivity contribution < 1.29 is 4.79 Å². The molecular weight excluding hydrogens is 170 g/mol. The number of carbonyl (C=O) groups excluding carboxylic acids is 1. The summed E-state index contributed by atoms with van der Waals surface area (Å²) in [6.07, 6.45) is 2.29. The Morgan fingerprint density at radius 1 is 1.77 bits per heavy atom. The molecule has 0 radical (unpaired) electrons. The molecule has 3 N–H and O–H groups in total. The summed E-state index contributed by atoms with van der Waals surface area (Å²) in [5.41, 5.74) is 6.03. The second-order valence-electron chi connectivity index (χ2n) is 3.16. The lowest BCUT2D eigenvalue weighted by Gasteiger charge is -2.12. The average Bonchev–Trinajstić information content (AvgIpc) is 2.72. The topological polar surface area (TPSA) is 87.9 Å². The Hall–Kier alpha value is -1.43. The van der Waals surface area contributed by atoms with Crippen molar-refractivity contribution in [2.75, 3.05) is 13.1 Å². The third-order valence-corrected chi connectivity index (χ3v) is 2.15. The summed E-state index contributed by atoms with van der Waals surface area (Å²) in [7, 11) is 0. The number of carbonyl (C=O) groups is 1. The second kappa shape index (κ2) is 3.14. The van der Waals surface area contributed by atoms with Gasteiger partial charge in [0.05, 0.1) is 6.20 Å². The number of aromatic nitrogens is 3. The molecule has 1 aromatic rings. The largest absolute Gasteiger partial charge is 0.336 e. The third kappa shape index (κ3) is 1.52. The Morgan fingerprint density at radius 2 is 2.62 bits per heavy atom. The van der Waals surface area contributed by atoms with E-state index in [2.05, 4.69) is 15.4 Å². The zero-order valence-electron chi connectivity index (χ0n) is 7.10. The van der Waals surface area contributed by atoms with Gasteiger partial charge in [-0.1, -0.05) is 0 Å². The first kappa shape index (κ1) is 8.18. The van der Waals surface area contributed by atoms with E-state index in [0.717, 1.165) is 6.42 Å². The van der Waals surface area contributed by atoms with Crippen LogP contribution >= 0.6 is 0 Å². The number of aromatic amines is 1. The molecule has 13 heavy (non-hydrogen) atoms. The highest BCUT2D eigenvalue weighted by Crippen LogP contribution is 2.09. The Kier molecular flexibility index (Phi) is 1.97. The summed E-state index contributed by atoms with van der Waals surface area (Å²) in [6.45, 7) is 1.33. The van der Waals surface area contributed by atoms with E-state index in [1.807, 2.05) is 0 Å². The van der Waals surface area contributed by atoms with Crippen molar-refractivity contribution in [2.45, 2.75) is 12.5 Å². The average molecular weight is 181 g/mol. The number of rotatable bonds is 1. The molecule has 1 aliphatic heterocycles. The first-order valence-electron chi connectivity index (χ1n) is 4.18. The second-order valence-corrected chi connectivity index (χ2v) is 3.16. The fraction of sp³-hybridized carbons (Fsp3) is 0.571. The highest BCUT2D eigenvalue weighted by Gasteiger charge is 2.25. The van der Waals surface area contributed by atoms with E-state index in [1.54, 1.807) is 4.90 Å². The highest BCUT2D eigenvalue weighted by molar-refractivity contribution is 5.92. The Labute approximate surface area is 75.1 Å². The van der Waals surface area contributed by atoms with Gasteiger partial charge in [-0.15, -0.1) is 0 Å². The Morgan fingerprint density at radius 3 is 3.15 bits per heavy atom. The quantitative estimate of drug-likeness (QED) is 0.580. The van der Waals surface area contributed by atoms with Crippen molar-refractivity contribution in [3.8, 4) is 0 Å². The summed E-state index contributed by atoms with van der Waals surface area (Å²) >= 11 is 0. The molecule has 0 bridgehead atoms. The number of hydrogen-bond acceptors (Lipinski definition) is 4. The van der Waals surface area contributed by atoms with E-state index >= 15 is 0 Å². The molecule has 0 saturated carbocycles. The van der Waals surface area contributed by atoms with Crippen molar-refractivity contribution in [3.05, 3.63) is 11.9 Å². The van der Waals surface area contributed by atoms with Gasteiger partial charge in [-0.05, 0) is 6.42 Å². The number of likely N-dealkylation sites (tertiary alicyclic amines) is 1. The van der Waals surface area contributed by atoms with Crippen LogP contribution in [0.5, 0.6) is 0 Å². The number of nitrogens with one attached hydrogen (secondary N) is 1. The molecule has 0 aliphatic carbocycles. The summed E-state index contributed by atoms with van der Waals surface area (Å²) in [6, 6.07) is 0.107. The maximum absolute atomic E-state index is 11.6. The van der Waals surface area contributed by atoms with Crippen LogP contribution in [-0.2, 0) is 0 Å². The zero-order chi connectivity index (χ0) is 9.26. The minimum atomic E-state index is -0.0956. The number of H-pyrrole nitrogens is 1. The highest BCUT2D eigenvalue weighted by atomic mass is 16.2. The molecule has 0 aromatic carbocycles. The SMILES string of the molecule is NC1CCN(C(=O)c2cn[nH]n2)C1. The lowest BCUT2D eigenvalue weighted by molar-refractivity contribution is 0.0785. The van der Waals surface area contributed by atoms with E-state index in [9.17, 15) is 4.79 Å². The first-order valence-corrected chi connectivity index (χ1v) is 4.18. The third-order valence-electron chi connectivity index (χ3n) is 2.15. The number of nitrogens with two attached hydrogens (primary N) is 1. The first-order chi connectivity index (χ1) is 6.27. The monoisotopic (exact) mass is 181 g/mol. The van der Waals surface area contributed by atoms with Gasteiger partial charge in [0, 0.05) is 19.1 Å². The van der Waals surface area contributed by atoms with Gasteiger partial charge in [-0.2, -0.15) is 15.4 Å². The maximum atomic E-state index is 11.6. The molecular formula is C7H11N5O. The molecule has 1 atom stereocenters. The van der Waals surface area contributed by atoms with E-state index in [4.69, 9.17) is 5.73 Å². The van der Waals surface area contributed by atoms with Gasteiger partial charge in [0.2, 0.25) is 0 Å². The summed E-state index contributed by atoms with van der Waals surface area (Å²) in [5.74, 6) is -0.0956. The molecule has 1 aromatic heterocycles. The molecule has 1 aliphatic rings. The van der Waals surface area contributed by atoms with Gasteiger partial charge in [0.15, 0.2) is 5.69 Å². The normalized spacial score (nSPS) is 22.2. The van der Waals surface area contributed by atoms with E-state index < -0.39 is 0 Å². The Bertz CT molecular complexity index is 296. The zero-order valence-corrected chi connectivity index (χ0v) is 7.10. The molecule has 2 rings (SSSR count). The van der Waals surface area contributed by atoms with Gasteiger partial charge < -0.3 is 10.6 Å². The molecule has 2 heterocycles. The van der Waals surface area contributed by atoms with Crippen LogP contribution < -0.4 is 5.73 Å². The Balaban J connectivity index is 2.06. The number of hydrogen-bond donors (Lipinski definition) is 2. The van der Waals surface area contributed by atoms with Crippen LogP contribution in [0.2, 0.25) is 0 Å². The maximum Gasteiger partial charge on any atom is 0.276 e. The summed E-state index contributed by atoms with van der Waals surface area (Å²) in [4.78, 5) is 13.3. The van der Waals surface area contributed by atoms with E-state index in [0.29, 0.717) is 18.8 Å². The van der Waals surface area contributed by atoms with Crippen molar-refractivity contribution >= 4 is 5.91 Å². The van der Waals surface area contributed by atoms with Crippen LogP contribution in [-0.4, -0.2) is 45.3 Å². The molecule has 6 heteroatoms. The minimum Gasteiger partial charge on any atom is -0.336 e. The fourth-order valence-corrected chi connectivity index (χ4v) is 1.44. The molecule has 1 fully saturated rings. The van der Waals surface area contributed by atoms with E-state index in [1.165, 1.54) is 6.20 Å². The fourth-order valence-electron chi connectivity index (χ4n) is 1.44. The van der Waals surface area contributed by atoms with Gasteiger partial charge in [-0.25, -0.2) is 0 Å². The molecule has 1 unspecified atom stereocenters. The lowest BCUT2D eigenvalue weighted by Crippen LogP contribution is -2.32. The summed E-state index contributed by atoms with van der Waals surface area (Å²) < 4.78 is 0. The molecule has 6 nitrogen and oxygen atoms in total. The van der Waals surface area contributed by atoms with Gasteiger partial charge >= 0.3 is 0 Å². The standard InChI is InChI=1S/C7H11N5O/c8-5-1-2-12(4-5)7(13)6-3-9-11-10-6/h3,5H,1-2,4,8H2,(H,9,10,11). The molecule has 0 spiro atoms. The van der Waals surface area contributed by atoms with Crippen LogP contribution in [0.3, 0.4) is 0 Å². The van der Waals surface area contributed by atoms with Crippen molar-refractivity contribution in [3.63, 3.8) is 0 Å². The van der Waals surface area contributed by atoms with Gasteiger partial charge in [0.1, 0.15) is 0 Å². The van der Waals surface area contributed by atoms with Crippen LogP contribution in [0.4, 0.5) is 0 Å². The van der Waals surface area contributed by atoms with Gasteiger partial charge in [-0.3, -0.25) is 4.79 Å². The summed E-state index contributed by atoms with van der Waals surface area (Å²) in [5, 5.41) is 9.70. The van der Waals surface area contributed by atoms with Crippen LogP contribution in [0.25, 0.3) is 0 Å². The van der Waals surface area contributed by atoms with Crippen LogP contribution in [0.15, 0.2) is 6.20 Å². The van der Waals surface area contributed by atoms with Crippen molar-refractivity contribution in [1.29, 1.82) is 0 Å². The smallest absolute Gasteiger partial charge is 0.276 e. The van der Waals surface area contributed by atoms with Crippen LogP contribution in [0, 0.1) is 0 Å². The van der Waals surface area contributed by atoms with E-state index in [-0.39, 0.29) is 11.9 Å². The predicted octanol–water partition coefficient (Wildman–Crippen LogP) is -1.02. The van der Waals surface area contributed by atoms with Crippen molar-refractivity contribution in [2.24, 2.45) is 5.73 Å². The van der Waals surface area contributed by atoms with Crippen LogP contribution in [0.1, 0.15) is 16.9 Å². The number of nitrogens with zero attached hydrogens (tertiary/aromatic N) is 3. The molecule has 1 saturated heterocycles. The number of amides is 1. The molecule has 70 valence electrons. The predicted molar refractivity (Wildman–Crippen MR) is 44.9 cm³/mol.